The van der Waals surface area contributed by atoms with Gasteiger partial charge in [-0.15, -0.1) is 0 Å². The molecule has 3 rings (SSSR count). The summed E-state index contributed by atoms with van der Waals surface area (Å²) in [6.07, 6.45) is -1.22. The topological polar surface area (TPSA) is 124 Å². The van der Waals surface area contributed by atoms with Gasteiger partial charge in [0.2, 0.25) is 11.8 Å². The van der Waals surface area contributed by atoms with Crippen molar-refractivity contribution in [3.05, 3.63) is 58.1 Å². The van der Waals surface area contributed by atoms with Crippen molar-refractivity contribution in [1.29, 1.82) is 0 Å². The predicted octanol–water partition coefficient (Wildman–Crippen LogP) is 3.00. The average molecular weight is 514 g/mol. The van der Waals surface area contributed by atoms with Crippen LogP contribution in [0.3, 0.4) is 0 Å². The van der Waals surface area contributed by atoms with Crippen LogP contribution < -0.4 is 10.2 Å². The number of nitrogens with one attached hydrogen (secondary N) is 1. The quantitative estimate of drug-likeness (QED) is 0.611. The van der Waals surface area contributed by atoms with Crippen LogP contribution in [0.4, 0.5) is 10.5 Å². The molecule has 0 spiro atoms. The van der Waals surface area contributed by atoms with Gasteiger partial charge in [-0.1, -0.05) is 23.2 Å². The summed E-state index contributed by atoms with van der Waals surface area (Å²) in [5.74, 6) is -2.38. The molecular weight excluding hydrogens is 493 g/mol. The summed E-state index contributed by atoms with van der Waals surface area (Å²) in [5, 5.41) is 12.7. The molecule has 0 saturated carbocycles. The molecule has 176 valence electrons. The maximum Gasteiger partial charge on any atom is 0.411 e. The first-order chi connectivity index (χ1) is 15.5. The summed E-state index contributed by atoms with van der Waals surface area (Å²) in [5.41, 5.74) is 0.759. The van der Waals surface area contributed by atoms with Crippen molar-refractivity contribution in [1.82, 2.24) is 9.62 Å². The number of carboxylic acid groups (broad SMARTS) is 1. The van der Waals surface area contributed by atoms with E-state index < -0.39 is 40.4 Å². The summed E-state index contributed by atoms with van der Waals surface area (Å²) in [6, 6.07) is 9.83. The minimum Gasteiger partial charge on any atom is -0.465 e. The third kappa shape index (κ3) is 5.40. The van der Waals surface area contributed by atoms with Crippen molar-refractivity contribution in [2.24, 2.45) is 5.92 Å². The molecule has 0 radical (unpaired) electrons. The zero-order chi connectivity index (χ0) is 24.3. The number of carbonyl (C=O) groups is 3. The first-order valence-corrected chi connectivity index (χ1v) is 12.1. The largest absolute Gasteiger partial charge is 0.465 e. The fraction of sp³-hybridized carbons (Fsp3) is 0.286. The molecule has 1 atom stereocenters. The van der Waals surface area contributed by atoms with Crippen LogP contribution >= 0.6 is 23.2 Å². The number of hydrogen-bond donors (Lipinski definition) is 2. The lowest BCUT2D eigenvalue weighted by molar-refractivity contribution is -0.131. The van der Waals surface area contributed by atoms with Gasteiger partial charge in [-0.05, 0) is 61.4 Å². The van der Waals surface area contributed by atoms with Gasteiger partial charge >= 0.3 is 6.09 Å². The first kappa shape index (κ1) is 24.8. The average Bonchev–Trinajstić information content (AvgIpc) is 2.89. The lowest BCUT2D eigenvalue weighted by atomic mass is 9.96. The second kappa shape index (κ2) is 9.98. The SMILES string of the molecule is CCN(C(=O)O)c1ccc(Cl)cc1CC1CNC(=O)CN(S(=O)(=O)c2ccc(Cl)cc2)C1=O. The molecule has 1 fully saturated rings. The van der Waals surface area contributed by atoms with Gasteiger partial charge in [-0.3, -0.25) is 14.5 Å². The molecule has 1 aliphatic heterocycles. The normalized spacial score (nSPS) is 16.8. The van der Waals surface area contributed by atoms with Crippen molar-refractivity contribution in [2.75, 3.05) is 24.5 Å². The molecule has 1 saturated heterocycles. The lowest BCUT2D eigenvalue weighted by Gasteiger charge is -2.25. The third-order valence-electron chi connectivity index (χ3n) is 5.18. The maximum absolute atomic E-state index is 13.3. The zero-order valence-electron chi connectivity index (χ0n) is 17.5. The third-order valence-corrected chi connectivity index (χ3v) is 7.42. The predicted molar refractivity (Wildman–Crippen MR) is 123 cm³/mol. The van der Waals surface area contributed by atoms with Crippen LogP contribution in [0.1, 0.15) is 12.5 Å². The van der Waals surface area contributed by atoms with Crippen LogP contribution in [-0.2, 0) is 26.0 Å². The number of anilines is 1. The van der Waals surface area contributed by atoms with E-state index in [1.807, 2.05) is 0 Å². The number of rotatable bonds is 6. The first-order valence-electron chi connectivity index (χ1n) is 9.92. The Labute approximate surface area is 200 Å². The van der Waals surface area contributed by atoms with Gasteiger partial charge in [-0.2, -0.15) is 0 Å². The second-order valence-electron chi connectivity index (χ2n) is 7.31. The number of sulfonamides is 1. The zero-order valence-corrected chi connectivity index (χ0v) is 19.8. The Hall–Kier alpha value is -2.82. The Bertz CT molecular complexity index is 1190. The maximum atomic E-state index is 13.3. The highest BCUT2D eigenvalue weighted by molar-refractivity contribution is 7.89. The highest BCUT2D eigenvalue weighted by Gasteiger charge is 2.38. The van der Waals surface area contributed by atoms with E-state index in [9.17, 15) is 27.9 Å². The van der Waals surface area contributed by atoms with Crippen molar-refractivity contribution < 1.29 is 27.9 Å². The Kier molecular flexibility index (Phi) is 7.51. The molecule has 1 unspecified atom stereocenters. The minimum absolute atomic E-state index is 0.0363. The number of hydrogen-bond acceptors (Lipinski definition) is 5. The van der Waals surface area contributed by atoms with Crippen LogP contribution in [-0.4, -0.2) is 55.4 Å². The molecule has 0 aromatic heterocycles. The Morgan fingerprint density at radius 3 is 2.39 bits per heavy atom. The van der Waals surface area contributed by atoms with Crippen molar-refractivity contribution in [3.8, 4) is 0 Å². The molecule has 2 N–H and O–H groups in total. The van der Waals surface area contributed by atoms with Gasteiger partial charge in [0.25, 0.3) is 10.0 Å². The molecule has 1 heterocycles. The molecule has 2 aromatic carbocycles. The van der Waals surface area contributed by atoms with E-state index in [2.05, 4.69) is 5.32 Å². The van der Waals surface area contributed by atoms with Crippen LogP contribution in [0.5, 0.6) is 0 Å². The molecule has 3 amide bonds. The van der Waals surface area contributed by atoms with Crippen LogP contribution in [0.2, 0.25) is 10.0 Å². The summed E-state index contributed by atoms with van der Waals surface area (Å²) in [7, 11) is -4.33. The van der Waals surface area contributed by atoms with Crippen molar-refractivity contribution >= 4 is 56.8 Å². The second-order valence-corrected chi connectivity index (χ2v) is 10.0. The highest BCUT2D eigenvalue weighted by atomic mass is 35.5. The van der Waals surface area contributed by atoms with E-state index in [1.54, 1.807) is 6.92 Å². The molecular formula is C21H21Cl2N3O6S. The Morgan fingerprint density at radius 1 is 1.15 bits per heavy atom. The summed E-state index contributed by atoms with van der Waals surface area (Å²) in [6.45, 7) is 1.02. The monoisotopic (exact) mass is 513 g/mol. The standard InChI is InChI=1S/C21H21Cl2N3O6S/c1-2-25(21(29)30)18-8-5-16(23)10-13(18)9-14-11-24-19(27)12-26(20(14)28)33(31,32)17-6-3-15(22)4-7-17/h3-8,10,14H,2,9,11-12H2,1H3,(H,24,27)(H,29,30). The van der Waals surface area contributed by atoms with E-state index >= 15 is 0 Å². The summed E-state index contributed by atoms with van der Waals surface area (Å²) in [4.78, 5) is 38.1. The number of carbonyl (C=O) groups excluding carboxylic acids is 2. The Morgan fingerprint density at radius 2 is 1.79 bits per heavy atom. The van der Waals surface area contributed by atoms with E-state index in [0.717, 1.165) is 4.90 Å². The summed E-state index contributed by atoms with van der Waals surface area (Å²) >= 11 is 11.9. The van der Waals surface area contributed by atoms with Gasteiger partial charge in [0.15, 0.2) is 0 Å². The van der Waals surface area contributed by atoms with E-state index in [0.29, 0.717) is 25.6 Å². The van der Waals surface area contributed by atoms with Gasteiger partial charge < -0.3 is 10.4 Å². The molecule has 2 aromatic rings. The summed E-state index contributed by atoms with van der Waals surface area (Å²) < 4.78 is 26.8. The van der Waals surface area contributed by atoms with E-state index in [4.69, 9.17) is 23.2 Å². The number of halogens is 2. The smallest absolute Gasteiger partial charge is 0.411 e. The van der Waals surface area contributed by atoms with E-state index in [-0.39, 0.29) is 24.4 Å². The highest BCUT2D eigenvalue weighted by Crippen LogP contribution is 2.29. The van der Waals surface area contributed by atoms with Gasteiger partial charge in [0.05, 0.1) is 16.5 Å². The number of amides is 3. The number of benzene rings is 2. The molecule has 9 nitrogen and oxygen atoms in total. The van der Waals surface area contributed by atoms with Crippen molar-refractivity contribution in [2.45, 2.75) is 18.2 Å². The number of nitrogens with zero attached hydrogens (tertiary/aromatic N) is 2. The molecule has 0 bridgehead atoms. The molecule has 1 aliphatic rings. The van der Waals surface area contributed by atoms with Gasteiger partial charge in [-0.25, -0.2) is 17.5 Å². The minimum atomic E-state index is -4.33. The van der Waals surface area contributed by atoms with Gasteiger partial charge in [0, 0.05) is 23.1 Å². The van der Waals surface area contributed by atoms with Crippen LogP contribution in [0.25, 0.3) is 0 Å². The lowest BCUT2D eigenvalue weighted by Crippen LogP contribution is -2.42. The van der Waals surface area contributed by atoms with Crippen LogP contribution in [0, 0.1) is 5.92 Å². The molecule has 33 heavy (non-hydrogen) atoms. The molecule has 0 aliphatic carbocycles. The fourth-order valence-corrected chi connectivity index (χ4v) is 5.27. The fourth-order valence-electron chi connectivity index (χ4n) is 3.54. The van der Waals surface area contributed by atoms with E-state index in [1.165, 1.54) is 42.5 Å². The Balaban J connectivity index is 1.99. The van der Waals surface area contributed by atoms with Gasteiger partial charge in [0.1, 0.15) is 6.54 Å². The molecule has 12 heteroatoms. The van der Waals surface area contributed by atoms with Crippen LogP contribution in [0.15, 0.2) is 47.4 Å². The van der Waals surface area contributed by atoms with Crippen molar-refractivity contribution in [3.63, 3.8) is 0 Å².